The van der Waals surface area contributed by atoms with E-state index in [4.69, 9.17) is 5.11 Å². The monoisotopic (exact) mass is 295 g/mol. The summed E-state index contributed by atoms with van der Waals surface area (Å²) in [6, 6.07) is -1.21. The van der Waals surface area contributed by atoms with Gasteiger partial charge in [-0.2, -0.15) is 0 Å². The number of carboxylic acid groups (broad SMARTS) is 1. The van der Waals surface area contributed by atoms with Crippen LogP contribution in [0.2, 0.25) is 0 Å². The first kappa shape index (κ1) is 14.8. The Hall–Kier alpha value is -1.10. The van der Waals surface area contributed by atoms with Gasteiger partial charge in [-0.3, -0.25) is 4.79 Å². The number of hydrogen-bond acceptors (Lipinski definition) is 3. The molecule has 5 nitrogen and oxygen atoms in total. The molecule has 0 aromatic carbocycles. The normalized spacial score (nSPS) is 43.4. The van der Waals surface area contributed by atoms with Crippen LogP contribution in [0.25, 0.3) is 0 Å². The Labute approximate surface area is 125 Å². The zero-order valence-corrected chi connectivity index (χ0v) is 12.8. The van der Waals surface area contributed by atoms with Gasteiger partial charge in [-0.15, -0.1) is 0 Å². The molecule has 0 saturated heterocycles. The van der Waals surface area contributed by atoms with Crippen molar-refractivity contribution >= 4 is 11.9 Å². The van der Waals surface area contributed by atoms with Crippen molar-refractivity contribution in [2.45, 2.75) is 64.5 Å². The highest BCUT2D eigenvalue weighted by Crippen LogP contribution is 2.65. The maximum absolute atomic E-state index is 12.8. The summed E-state index contributed by atoms with van der Waals surface area (Å²) in [5.41, 5.74) is -0.160. The third-order valence-electron chi connectivity index (χ3n) is 5.87. The molecule has 118 valence electrons. The predicted molar refractivity (Wildman–Crippen MR) is 76.5 cm³/mol. The molecule has 0 heterocycles. The number of amides is 1. The van der Waals surface area contributed by atoms with Crippen LogP contribution < -0.4 is 5.32 Å². The van der Waals surface area contributed by atoms with E-state index in [1.165, 1.54) is 26.2 Å². The highest BCUT2D eigenvalue weighted by molar-refractivity contribution is 5.88. The van der Waals surface area contributed by atoms with E-state index in [1.807, 2.05) is 0 Å². The summed E-state index contributed by atoms with van der Waals surface area (Å²) in [6.45, 7) is 3.68. The molecular weight excluding hydrogens is 270 g/mol. The maximum atomic E-state index is 12.8. The Morgan fingerprint density at radius 1 is 1.19 bits per heavy atom. The van der Waals surface area contributed by atoms with Crippen molar-refractivity contribution in [2.75, 3.05) is 0 Å². The highest BCUT2D eigenvalue weighted by Gasteiger charge is 2.59. The highest BCUT2D eigenvalue weighted by atomic mass is 16.4. The second kappa shape index (κ2) is 4.70. The summed E-state index contributed by atoms with van der Waals surface area (Å²) in [6.07, 6.45) is 5.19. The Morgan fingerprint density at radius 3 is 2.19 bits per heavy atom. The third-order valence-corrected chi connectivity index (χ3v) is 5.87. The van der Waals surface area contributed by atoms with E-state index in [2.05, 4.69) is 12.2 Å². The third kappa shape index (κ3) is 2.45. The number of aliphatic hydroxyl groups is 1. The minimum atomic E-state index is -1.21. The lowest BCUT2D eigenvalue weighted by atomic mass is 9.44. The van der Waals surface area contributed by atoms with E-state index in [0.29, 0.717) is 11.8 Å². The average molecular weight is 295 g/mol. The maximum Gasteiger partial charge on any atom is 0.328 e. The molecule has 4 aliphatic rings. The Kier molecular flexibility index (Phi) is 3.32. The van der Waals surface area contributed by atoms with Crippen molar-refractivity contribution < 1.29 is 19.8 Å². The van der Waals surface area contributed by atoms with E-state index in [0.717, 1.165) is 19.3 Å². The molecule has 4 fully saturated rings. The van der Waals surface area contributed by atoms with Crippen molar-refractivity contribution in [3.05, 3.63) is 0 Å². The van der Waals surface area contributed by atoms with E-state index in [-0.39, 0.29) is 11.3 Å². The first-order chi connectivity index (χ1) is 9.73. The van der Waals surface area contributed by atoms with Gasteiger partial charge in [-0.05, 0) is 62.7 Å². The average Bonchev–Trinajstić information content (AvgIpc) is 2.31. The zero-order chi connectivity index (χ0) is 15.4. The first-order valence-corrected chi connectivity index (χ1v) is 7.95. The van der Waals surface area contributed by atoms with Crippen LogP contribution in [0.4, 0.5) is 0 Å². The fourth-order valence-electron chi connectivity index (χ4n) is 5.67. The number of aliphatic carboxylic acids is 1. The van der Waals surface area contributed by atoms with Gasteiger partial charge in [0.05, 0.1) is 11.5 Å². The van der Waals surface area contributed by atoms with Gasteiger partial charge in [0.2, 0.25) is 5.91 Å². The van der Waals surface area contributed by atoms with Crippen LogP contribution in [-0.2, 0) is 9.59 Å². The zero-order valence-electron chi connectivity index (χ0n) is 12.8. The number of rotatable bonds is 4. The molecule has 0 spiro atoms. The van der Waals surface area contributed by atoms with Crippen LogP contribution in [0.15, 0.2) is 0 Å². The molecule has 0 radical (unpaired) electrons. The van der Waals surface area contributed by atoms with E-state index < -0.39 is 23.5 Å². The standard InChI is InChI=1S/C16H25NO4/c1-9(18)12(13(19)20)17-14(21)16-6-10-3-11(7-16)5-15(2,4-10)8-16/h9-12,18H,3-8H2,1-2H3,(H,17,21)(H,19,20)/t9-,10?,11?,12+,15?,16?/m1/s1. The summed E-state index contributed by atoms with van der Waals surface area (Å²) < 4.78 is 0. The summed E-state index contributed by atoms with van der Waals surface area (Å²) in [5, 5.41) is 21.3. The van der Waals surface area contributed by atoms with Gasteiger partial charge in [0, 0.05) is 0 Å². The van der Waals surface area contributed by atoms with Gasteiger partial charge in [0.25, 0.3) is 0 Å². The summed E-state index contributed by atoms with van der Waals surface area (Å²) in [5.74, 6) is -0.112. The van der Waals surface area contributed by atoms with Gasteiger partial charge >= 0.3 is 5.97 Å². The molecule has 0 aromatic rings. The molecular formula is C16H25NO4. The molecule has 2 unspecified atom stereocenters. The molecule has 4 rings (SSSR count). The van der Waals surface area contributed by atoms with Crippen molar-refractivity contribution in [2.24, 2.45) is 22.7 Å². The lowest BCUT2D eigenvalue weighted by molar-refractivity contribution is -0.160. The van der Waals surface area contributed by atoms with Crippen LogP contribution >= 0.6 is 0 Å². The number of carbonyl (C=O) groups excluding carboxylic acids is 1. The SMILES string of the molecule is C[C@@H](O)[C@H](NC(=O)C12CC3CC(CC(C)(C3)C1)C2)C(=O)O. The predicted octanol–water partition coefficient (Wildman–Crippen LogP) is 1.54. The second-order valence-electron chi connectivity index (χ2n) is 8.08. The van der Waals surface area contributed by atoms with Crippen LogP contribution in [0.5, 0.6) is 0 Å². The van der Waals surface area contributed by atoms with Crippen molar-refractivity contribution in [3.8, 4) is 0 Å². The minimum Gasteiger partial charge on any atom is -0.480 e. The number of nitrogens with one attached hydrogen (secondary N) is 1. The molecule has 1 amide bonds. The number of carbonyl (C=O) groups is 2. The van der Waals surface area contributed by atoms with Crippen molar-refractivity contribution in [1.29, 1.82) is 0 Å². The summed E-state index contributed by atoms with van der Waals surface area (Å²) >= 11 is 0. The van der Waals surface area contributed by atoms with Gasteiger partial charge in [0.1, 0.15) is 0 Å². The van der Waals surface area contributed by atoms with Crippen LogP contribution in [-0.4, -0.2) is 34.2 Å². The van der Waals surface area contributed by atoms with Crippen LogP contribution in [0.3, 0.4) is 0 Å². The number of hydrogen-bond donors (Lipinski definition) is 3. The molecule has 4 saturated carbocycles. The lowest BCUT2D eigenvalue weighted by Crippen LogP contribution is -2.60. The topological polar surface area (TPSA) is 86.6 Å². The van der Waals surface area contributed by atoms with E-state index >= 15 is 0 Å². The fourth-order valence-corrected chi connectivity index (χ4v) is 5.67. The van der Waals surface area contributed by atoms with Crippen molar-refractivity contribution in [1.82, 2.24) is 5.32 Å². The molecule has 0 aliphatic heterocycles. The first-order valence-electron chi connectivity index (χ1n) is 7.95. The lowest BCUT2D eigenvalue weighted by Gasteiger charge is -2.60. The molecule has 3 N–H and O–H groups in total. The molecule has 5 heteroatoms. The quantitative estimate of drug-likeness (QED) is 0.734. The van der Waals surface area contributed by atoms with E-state index in [9.17, 15) is 14.7 Å². The van der Waals surface area contributed by atoms with Gasteiger partial charge < -0.3 is 15.5 Å². The number of carboxylic acids is 1. The van der Waals surface area contributed by atoms with Crippen molar-refractivity contribution in [3.63, 3.8) is 0 Å². The number of aliphatic hydroxyl groups excluding tert-OH is 1. The minimum absolute atomic E-state index is 0.156. The second-order valence-corrected chi connectivity index (χ2v) is 8.08. The Morgan fingerprint density at radius 2 is 1.76 bits per heavy atom. The smallest absolute Gasteiger partial charge is 0.328 e. The Balaban J connectivity index is 1.79. The van der Waals surface area contributed by atoms with E-state index in [1.54, 1.807) is 0 Å². The van der Waals surface area contributed by atoms with Crippen LogP contribution in [0.1, 0.15) is 52.4 Å². The molecule has 21 heavy (non-hydrogen) atoms. The molecule has 4 bridgehead atoms. The summed E-state index contributed by atoms with van der Waals surface area (Å²) in [4.78, 5) is 24.0. The fraction of sp³-hybridized carbons (Fsp3) is 0.875. The van der Waals surface area contributed by atoms with Gasteiger partial charge in [0.15, 0.2) is 6.04 Å². The van der Waals surface area contributed by atoms with Gasteiger partial charge in [-0.25, -0.2) is 4.79 Å². The molecule has 4 atom stereocenters. The van der Waals surface area contributed by atoms with Gasteiger partial charge in [-0.1, -0.05) is 6.92 Å². The molecule has 4 aliphatic carbocycles. The largest absolute Gasteiger partial charge is 0.480 e. The Bertz CT molecular complexity index is 459. The van der Waals surface area contributed by atoms with Crippen LogP contribution in [0, 0.1) is 22.7 Å². The summed E-state index contributed by atoms with van der Waals surface area (Å²) in [7, 11) is 0. The molecule has 0 aromatic heterocycles.